The maximum atomic E-state index is 9.06. The number of nitrogens with zero attached hydrogens (tertiary/aromatic N) is 1. The van der Waals surface area contributed by atoms with Gasteiger partial charge >= 0.3 is 0 Å². The summed E-state index contributed by atoms with van der Waals surface area (Å²) in [5, 5.41) is 9.06. The van der Waals surface area contributed by atoms with Crippen molar-refractivity contribution in [1.29, 1.82) is 0 Å². The number of likely N-dealkylation sites (N-methyl/N-ethyl adjacent to an activating group) is 1. The predicted octanol–water partition coefficient (Wildman–Crippen LogP) is 0.428. The molecule has 0 fully saturated rings. The third kappa shape index (κ3) is 7.98. The molecule has 0 radical (unpaired) electrons. The lowest BCUT2D eigenvalue weighted by Gasteiger charge is -2.17. The van der Waals surface area contributed by atoms with Crippen LogP contribution in [0.3, 0.4) is 0 Å². The Balaban J connectivity index is 3.14. The zero-order chi connectivity index (χ0) is 9.40. The lowest BCUT2D eigenvalue weighted by molar-refractivity contribution is 0.140. The maximum absolute atomic E-state index is 9.06. The highest BCUT2D eigenvalue weighted by Gasteiger charge is 2.01. The Bertz CT molecular complexity index is 96.5. The van der Waals surface area contributed by atoms with Crippen LogP contribution in [0, 0.1) is 0 Å². The summed E-state index contributed by atoms with van der Waals surface area (Å²) in [5.41, 5.74) is 5.37. The summed E-state index contributed by atoms with van der Waals surface area (Å²) in [6, 6.07) is 0. The van der Waals surface area contributed by atoms with Crippen molar-refractivity contribution in [3.05, 3.63) is 0 Å². The molecular weight excluding hydrogens is 152 g/mol. The fourth-order valence-corrected chi connectivity index (χ4v) is 1.25. The van der Waals surface area contributed by atoms with E-state index in [1.165, 1.54) is 12.8 Å². The Morgan fingerprint density at radius 3 is 2.50 bits per heavy atom. The van der Waals surface area contributed by atoms with Crippen molar-refractivity contribution >= 4 is 0 Å². The average molecular weight is 174 g/mol. The van der Waals surface area contributed by atoms with Gasteiger partial charge in [-0.05, 0) is 39.9 Å². The minimum atomic E-state index is -0.218. The number of hydrogen-bond acceptors (Lipinski definition) is 3. The van der Waals surface area contributed by atoms with Gasteiger partial charge in [0, 0.05) is 6.54 Å². The SMILES string of the molecule is CC(O)CN(C)CCCCCN. The number of unbranched alkanes of at least 4 members (excludes halogenated alkanes) is 2. The van der Waals surface area contributed by atoms with Gasteiger partial charge in [-0.1, -0.05) is 6.42 Å². The average Bonchev–Trinajstić information content (AvgIpc) is 1.97. The van der Waals surface area contributed by atoms with E-state index in [9.17, 15) is 0 Å². The monoisotopic (exact) mass is 174 g/mol. The van der Waals surface area contributed by atoms with E-state index in [0.29, 0.717) is 0 Å². The molecule has 0 aliphatic rings. The molecule has 3 nitrogen and oxygen atoms in total. The molecule has 0 saturated carbocycles. The van der Waals surface area contributed by atoms with E-state index in [2.05, 4.69) is 4.90 Å². The van der Waals surface area contributed by atoms with E-state index >= 15 is 0 Å². The van der Waals surface area contributed by atoms with Gasteiger partial charge in [-0.3, -0.25) is 0 Å². The lowest BCUT2D eigenvalue weighted by Crippen LogP contribution is -2.28. The first-order chi connectivity index (χ1) is 5.66. The Hall–Kier alpha value is -0.120. The third-order valence-electron chi connectivity index (χ3n) is 1.82. The van der Waals surface area contributed by atoms with Crippen LogP contribution in [0.1, 0.15) is 26.2 Å². The van der Waals surface area contributed by atoms with Crippen molar-refractivity contribution in [3.63, 3.8) is 0 Å². The molecular formula is C9H22N2O. The van der Waals surface area contributed by atoms with Crippen molar-refractivity contribution in [3.8, 4) is 0 Å². The van der Waals surface area contributed by atoms with Crippen LogP contribution in [0.5, 0.6) is 0 Å². The van der Waals surface area contributed by atoms with E-state index in [0.717, 1.165) is 26.1 Å². The van der Waals surface area contributed by atoms with Gasteiger partial charge in [0.05, 0.1) is 6.10 Å². The van der Waals surface area contributed by atoms with Gasteiger partial charge in [0.15, 0.2) is 0 Å². The molecule has 1 unspecified atom stereocenters. The molecule has 0 aromatic carbocycles. The lowest BCUT2D eigenvalue weighted by atomic mass is 10.2. The number of aliphatic hydroxyl groups is 1. The molecule has 0 aromatic heterocycles. The molecule has 3 heteroatoms. The molecule has 0 aliphatic carbocycles. The normalized spacial score (nSPS) is 13.8. The number of nitrogens with two attached hydrogens (primary N) is 1. The Morgan fingerprint density at radius 1 is 1.33 bits per heavy atom. The van der Waals surface area contributed by atoms with Gasteiger partial charge in [0.2, 0.25) is 0 Å². The smallest absolute Gasteiger partial charge is 0.0638 e. The van der Waals surface area contributed by atoms with Gasteiger partial charge in [0.25, 0.3) is 0 Å². The van der Waals surface area contributed by atoms with Crippen molar-refractivity contribution < 1.29 is 5.11 Å². The molecule has 74 valence electrons. The second kappa shape index (κ2) is 7.53. The first-order valence-electron chi connectivity index (χ1n) is 4.73. The summed E-state index contributed by atoms with van der Waals surface area (Å²) >= 11 is 0. The van der Waals surface area contributed by atoms with E-state index < -0.39 is 0 Å². The van der Waals surface area contributed by atoms with Gasteiger partial charge in [-0.25, -0.2) is 0 Å². The quantitative estimate of drug-likeness (QED) is 0.550. The number of rotatable bonds is 7. The summed E-state index contributed by atoms with van der Waals surface area (Å²) in [7, 11) is 2.04. The van der Waals surface area contributed by atoms with Gasteiger partial charge in [-0.15, -0.1) is 0 Å². The summed E-state index contributed by atoms with van der Waals surface area (Å²) in [4.78, 5) is 2.15. The first kappa shape index (κ1) is 11.9. The minimum absolute atomic E-state index is 0.218. The molecule has 1 atom stereocenters. The zero-order valence-electron chi connectivity index (χ0n) is 8.29. The molecule has 0 saturated heterocycles. The molecule has 0 aliphatic heterocycles. The standard InChI is InChI=1S/C9H22N2O/c1-9(12)8-11(2)7-5-3-4-6-10/h9,12H,3-8,10H2,1-2H3. The van der Waals surface area contributed by atoms with Crippen LogP contribution < -0.4 is 5.73 Å². The largest absolute Gasteiger partial charge is 0.392 e. The predicted molar refractivity (Wildman–Crippen MR) is 52.1 cm³/mol. The molecule has 0 bridgehead atoms. The van der Waals surface area contributed by atoms with Crippen molar-refractivity contribution in [1.82, 2.24) is 4.90 Å². The first-order valence-corrected chi connectivity index (χ1v) is 4.73. The minimum Gasteiger partial charge on any atom is -0.392 e. The Labute approximate surface area is 75.6 Å². The zero-order valence-corrected chi connectivity index (χ0v) is 8.29. The highest BCUT2D eigenvalue weighted by molar-refractivity contribution is 4.56. The Morgan fingerprint density at radius 2 is 2.00 bits per heavy atom. The van der Waals surface area contributed by atoms with Crippen LogP contribution in [-0.4, -0.2) is 42.8 Å². The van der Waals surface area contributed by atoms with Gasteiger partial charge in [0.1, 0.15) is 0 Å². The van der Waals surface area contributed by atoms with E-state index in [1.807, 2.05) is 14.0 Å². The molecule has 0 heterocycles. The Kier molecular flexibility index (Phi) is 7.45. The van der Waals surface area contributed by atoms with Crippen LogP contribution >= 0.6 is 0 Å². The summed E-state index contributed by atoms with van der Waals surface area (Å²) in [6.45, 7) is 4.43. The van der Waals surface area contributed by atoms with Crippen LogP contribution in [0.2, 0.25) is 0 Å². The third-order valence-corrected chi connectivity index (χ3v) is 1.82. The highest BCUT2D eigenvalue weighted by Crippen LogP contribution is 1.96. The molecule has 3 N–H and O–H groups in total. The van der Waals surface area contributed by atoms with E-state index in [4.69, 9.17) is 10.8 Å². The van der Waals surface area contributed by atoms with Crippen LogP contribution in [0.15, 0.2) is 0 Å². The molecule has 0 amide bonds. The van der Waals surface area contributed by atoms with Crippen LogP contribution in [-0.2, 0) is 0 Å². The van der Waals surface area contributed by atoms with E-state index in [-0.39, 0.29) is 6.10 Å². The second-order valence-corrected chi connectivity index (χ2v) is 3.46. The van der Waals surface area contributed by atoms with Crippen molar-refractivity contribution in [2.75, 3.05) is 26.7 Å². The summed E-state index contributed by atoms with van der Waals surface area (Å²) in [6.07, 6.45) is 3.27. The summed E-state index contributed by atoms with van der Waals surface area (Å²) < 4.78 is 0. The number of aliphatic hydroxyl groups excluding tert-OH is 1. The molecule has 12 heavy (non-hydrogen) atoms. The highest BCUT2D eigenvalue weighted by atomic mass is 16.3. The molecule has 0 aromatic rings. The fourth-order valence-electron chi connectivity index (χ4n) is 1.25. The van der Waals surface area contributed by atoms with Gasteiger partial charge < -0.3 is 15.7 Å². The topological polar surface area (TPSA) is 49.5 Å². The van der Waals surface area contributed by atoms with Gasteiger partial charge in [-0.2, -0.15) is 0 Å². The van der Waals surface area contributed by atoms with Crippen molar-refractivity contribution in [2.45, 2.75) is 32.3 Å². The van der Waals surface area contributed by atoms with E-state index in [1.54, 1.807) is 0 Å². The molecule has 0 rings (SSSR count). The van der Waals surface area contributed by atoms with Crippen LogP contribution in [0.4, 0.5) is 0 Å². The van der Waals surface area contributed by atoms with Crippen LogP contribution in [0.25, 0.3) is 0 Å². The van der Waals surface area contributed by atoms with Crippen molar-refractivity contribution in [2.24, 2.45) is 5.73 Å². The molecule has 0 spiro atoms. The summed E-state index contributed by atoms with van der Waals surface area (Å²) in [5.74, 6) is 0. The number of hydrogen-bond donors (Lipinski definition) is 2. The maximum Gasteiger partial charge on any atom is 0.0638 e. The fraction of sp³-hybridized carbons (Fsp3) is 1.00. The second-order valence-electron chi connectivity index (χ2n) is 3.46.